The second kappa shape index (κ2) is 8.59. The van der Waals surface area contributed by atoms with Gasteiger partial charge in [0.2, 0.25) is 0 Å². The first-order valence-electron chi connectivity index (χ1n) is 8.85. The van der Waals surface area contributed by atoms with Crippen molar-refractivity contribution in [1.82, 2.24) is 4.90 Å². The van der Waals surface area contributed by atoms with Crippen molar-refractivity contribution < 1.29 is 9.47 Å². The molecule has 2 aromatic rings. The average Bonchev–Trinajstić information content (AvgIpc) is 3.09. The Bertz CT molecular complexity index is 687. The number of benzene rings is 2. The van der Waals surface area contributed by atoms with Crippen LogP contribution in [0.5, 0.6) is 11.5 Å². The van der Waals surface area contributed by atoms with E-state index in [1.165, 1.54) is 30.6 Å². The van der Waals surface area contributed by atoms with E-state index in [0.29, 0.717) is 0 Å². The minimum atomic E-state index is 0.742. The molecular weight excluding hydrogens is 334 g/mol. The molecule has 1 unspecified atom stereocenters. The van der Waals surface area contributed by atoms with Crippen LogP contribution in [0.15, 0.2) is 42.5 Å². The van der Waals surface area contributed by atoms with Gasteiger partial charge in [0.15, 0.2) is 11.5 Å². The van der Waals surface area contributed by atoms with E-state index in [0.717, 1.165) is 41.8 Å². The summed E-state index contributed by atoms with van der Waals surface area (Å²) in [5.74, 6) is 2.34. The Hall–Kier alpha value is -1.71. The van der Waals surface area contributed by atoms with E-state index in [1.807, 2.05) is 18.2 Å². The average molecular weight is 360 g/mol. The molecule has 134 valence electrons. The van der Waals surface area contributed by atoms with Gasteiger partial charge < -0.3 is 14.4 Å². The van der Waals surface area contributed by atoms with Crippen LogP contribution in [0.1, 0.15) is 17.5 Å². The van der Waals surface area contributed by atoms with E-state index in [1.54, 1.807) is 14.2 Å². The van der Waals surface area contributed by atoms with Crippen LogP contribution >= 0.6 is 11.6 Å². The van der Waals surface area contributed by atoms with E-state index in [2.05, 4.69) is 29.2 Å². The van der Waals surface area contributed by atoms with E-state index < -0.39 is 0 Å². The van der Waals surface area contributed by atoms with Crippen molar-refractivity contribution in [3.05, 3.63) is 58.6 Å². The Balaban J connectivity index is 1.49. The largest absolute Gasteiger partial charge is 0.493 e. The van der Waals surface area contributed by atoms with Gasteiger partial charge in [0.05, 0.1) is 14.2 Å². The fraction of sp³-hybridized carbons (Fsp3) is 0.429. The van der Waals surface area contributed by atoms with Crippen LogP contribution in [0.25, 0.3) is 0 Å². The van der Waals surface area contributed by atoms with Gasteiger partial charge in [0.1, 0.15) is 0 Å². The van der Waals surface area contributed by atoms with E-state index >= 15 is 0 Å². The molecule has 1 fully saturated rings. The molecule has 0 saturated carbocycles. The summed E-state index contributed by atoms with van der Waals surface area (Å²) >= 11 is 5.97. The van der Waals surface area contributed by atoms with Gasteiger partial charge in [-0.05, 0) is 67.1 Å². The highest BCUT2D eigenvalue weighted by Gasteiger charge is 2.22. The zero-order valence-corrected chi connectivity index (χ0v) is 15.8. The van der Waals surface area contributed by atoms with Crippen LogP contribution in [-0.2, 0) is 12.8 Å². The standard InChI is InChI=1S/C21H26ClNO2/c1-24-20-8-5-17(14-21(20)25-2)9-11-23-12-10-18(15-23)13-16-3-6-19(22)7-4-16/h3-8,14,18H,9-13,15H2,1-2H3. The zero-order chi connectivity index (χ0) is 17.6. The second-order valence-corrected chi connectivity index (χ2v) is 7.16. The van der Waals surface area contributed by atoms with Crippen LogP contribution in [0.4, 0.5) is 0 Å². The lowest BCUT2D eigenvalue weighted by atomic mass is 9.99. The summed E-state index contributed by atoms with van der Waals surface area (Å²) in [4.78, 5) is 2.57. The number of hydrogen-bond acceptors (Lipinski definition) is 3. The summed E-state index contributed by atoms with van der Waals surface area (Å²) in [6.07, 6.45) is 3.45. The molecular formula is C21H26ClNO2. The summed E-state index contributed by atoms with van der Waals surface area (Å²) in [7, 11) is 3.35. The molecule has 1 aliphatic rings. The van der Waals surface area contributed by atoms with Gasteiger partial charge in [-0.15, -0.1) is 0 Å². The molecule has 1 atom stereocenters. The summed E-state index contributed by atoms with van der Waals surface area (Å²) in [6.45, 7) is 3.45. The summed E-state index contributed by atoms with van der Waals surface area (Å²) in [5.41, 5.74) is 2.68. The number of rotatable bonds is 7. The number of methoxy groups -OCH3 is 2. The summed E-state index contributed by atoms with van der Waals surface area (Å²) in [5, 5.41) is 0.812. The lowest BCUT2D eigenvalue weighted by Crippen LogP contribution is -2.23. The van der Waals surface area contributed by atoms with Crippen molar-refractivity contribution in [2.24, 2.45) is 5.92 Å². The minimum absolute atomic E-state index is 0.742. The lowest BCUT2D eigenvalue weighted by Gasteiger charge is -2.17. The van der Waals surface area contributed by atoms with Crippen molar-refractivity contribution >= 4 is 11.6 Å². The minimum Gasteiger partial charge on any atom is -0.493 e. The van der Waals surface area contributed by atoms with Crippen LogP contribution in [0, 0.1) is 5.92 Å². The lowest BCUT2D eigenvalue weighted by molar-refractivity contribution is 0.327. The van der Waals surface area contributed by atoms with Crippen LogP contribution in [-0.4, -0.2) is 38.8 Å². The molecule has 1 aliphatic heterocycles. The van der Waals surface area contributed by atoms with E-state index in [9.17, 15) is 0 Å². The van der Waals surface area contributed by atoms with Crippen LogP contribution < -0.4 is 9.47 Å². The fourth-order valence-corrected chi connectivity index (χ4v) is 3.69. The van der Waals surface area contributed by atoms with Crippen molar-refractivity contribution in [2.45, 2.75) is 19.3 Å². The molecule has 3 nitrogen and oxygen atoms in total. The molecule has 0 radical (unpaired) electrons. The maximum atomic E-state index is 5.97. The topological polar surface area (TPSA) is 21.7 Å². The van der Waals surface area contributed by atoms with Gasteiger partial charge >= 0.3 is 0 Å². The molecule has 0 N–H and O–H groups in total. The molecule has 0 aliphatic carbocycles. The quantitative estimate of drug-likeness (QED) is 0.728. The van der Waals surface area contributed by atoms with Gasteiger partial charge in [-0.25, -0.2) is 0 Å². The highest BCUT2D eigenvalue weighted by atomic mass is 35.5. The van der Waals surface area contributed by atoms with Crippen molar-refractivity contribution in [2.75, 3.05) is 33.9 Å². The van der Waals surface area contributed by atoms with Crippen LogP contribution in [0.3, 0.4) is 0 Å². The van der Waals surface area contributed by atoms with Gasteiger partial charge in [0, 0.05) is 18.1 Å². The summed E-state index contributed by atoms with van der Waals surface area (Å²) in [6, 6.07) is 14.5. The number of halogens is 1. The van der Waals surface area contributed by atoms with E-state index in [-0.39, 0.29) is 0 Å². The third-order valence-corrected chi connectivity index (χ3v) is 5.22. The Morgan fingerprint density at radius 3 is 2.44 bits per heavy atom. The molecule has 3 rings (SSSR count). The molecule has 1 heterocycles. The maximum Gasteiger partial charge on any atom is 0.160 e. The highest BCUT2D eigenvalue weighted by molar-refractivity contribution is 6.30. The van der Waals surface area contributed by atoms with Crippen molar-refractivity contribution in [3.63, 3.8) is 0 Å². The van der Waals surface area contributed by atoms with Gasteiger partial charge in [0.25, 0.3) is 0 Å². The number of likely N-dealkylation sites (tertiary alicyclic amines) is 1. The maximum absolute atomic E-state index is 5.97. The SMILES string of the molecule is COc1ccc(CCN2CCC(Cc3ccc(Cl)cc3)C2)cc1OC. The molecule has 0 bridgehead atoms. The Morgan fingerprint density at radius 2 is 1.72 bits per heavy atom. The molecule has 0 aromatic heterocycles. The second-order valence-electron chi connectivity index (χ2n) is 6.73. The Kier molecular flexibility index (Phi) is 6.22. The predicted octanol–water partition coefficient (Wildman–Crippen LogP) is 4.46. The molecule has 1 saturated heterocycles. The molecule has 2 aromatic carbocycles. The Morgan fingerprint density at radius 1 is 1.00 bits per heavy atom. The first-order chi connectivity index (χ1) is 12.2. The van der Waals surface area contributed by atoms with Gasteiger partial charge in [-0.2, -0.15) is 0 Å². The first kappa shape index (κ1) is 18.1. The van der Waals surface area contributed by atoms with Gasteiger partial charge in [-0.1, -0.05) is 29.8 Å². The number of ether oxygens (including phenoxy) is 2. The zero-order valence-electron chi connectivity index (χ0n) is 15.0. The Labute approximate surface area is 155 Å². The third kappa shape index (κ3) is 4.90. The smallest absolute Gasteiger partial charge is 0.160 e. The third-order valence-electron chi connectivity index (χ3n) is 4.97. The number of hydrogen-bond donors (Lipinski definition) is 0. The van der Waals surface area contributed by atoms with E-state index in [4.69, 9.17) is 21.1 Å². The normalized spacial score (nSPS) is 17.6. The van der Waals surface area contributed by atoms with Gasteiger partial charge in [-0.3, -0.25) is 0 Å². The van der Waals surface area contributed by atoms with Crippen molar-refractivity contribution in [1.29, 1.82) is 0 Å². The molecule has 0 amide bonds. The molecule has 0 spiro atoms. The molecule has 4 heteroatoms. The predicted molar refractivity (Wildman–Crippen MR) is 103 cm³/mol. The van der Waals surface area contributed by atoms with Crippen LogP contribution in [0.2, 0.25) is 5.02 Å². The number of nitrogens with zero attached hydrogens (tertiary/aromatic N) is 1. The van der Waals surface area contributed by atoms with Crippen molar-refractivity contribution in [3.8, 4) is 11.5 Å². The monoisotopic (exact) mass is 359 g/mol. The fourth-order valence-electron chi connectivity index (χ4n) is 3.56. The first-order valence-corrected chi connectivity index (χ1v) is 9.23. The summed E-state index contributed by atoms with van der Waals surface area (Å²) < 4.78 is 10.7. The molecule has 25 heavy (non-hydrogen) atoms. The highest BCUT2D eigenvalue weighted by Crippen LogP contribution is 2.28.